The zero-order valence-corrected chi connectivity index (χ0v) is 18.2. The number of alkyl halides is 3. The summed E-state index contributed by atoms with van der Waals surface area (Å²) in [6.45, 7) is 0.576. The minimum Gasteiger partial charge on any atom is -0.497 e. The topological polar surface area (TPSA) is 32.7 Å². The van der Waals surface area contributed by atoms with Gasteiger partial charge in [-0.25, -0.2) is 0 Å². The highest BCUT2D eigenvalue weighted by Crippen LogP contribution is 2.46. The van der Waals surface area contributed by atoms with Crippen LogP contribution in [0.2, 0.25) is 0 Å². The van der Waals surface area contributed by atoms with E-state index in [1.165, 1.54) is 6.07 Å². The Morgan fingerprint density at radius 2 is 1.84 bits per heavy atom. The fraction of sp³-hybridized carbons (Fsp3) is 0.440. The van der Waals surface area contributed by atoms with Crippen molar-refractivity contribution in [3.8, 4) is 5.75 Å². The van der Waals surface area contributed by atoms with Crippen molar-refractivity contribution < 1.29 is 23.0 Å². The molecule has 31 heavy (non-hydrogen) atoms. The number of rotatable bonds is 5. The lowest BCUT2D eigenvalue weighted by molar-refractivity contribution is -0.137. The summed E-state index contributed by atoms with van der Waals surface area (Å²) < 4.78 is 45.6. The van der Waals surface area contributed by atoms with E-state index in [1.54, 1.807) is 13.2 Å². The molecule has 0 saturated heterocycles. The SMILES string of the molecule is COc1ccc(/C=C2\CCCCC(CN(C)C)C2(O)c2cccc(C(F)(F)F)c2)cc1. The first-order chi connectivity index (χ1) is 14.6. The van der Waals surface area contributed by atoms with Crippen LogP contribution in [0.25, 0.3) is 6.08 Å². The Balaban J connectivity index is 2.15. The van der Waals surface area contributed by atoms with Gasteiger partial charge in [-0.15, -0.1) is 0 Å². The van der Waals surface area contributed by atoms with E-state index in [4.69, 9.17) is 4.74 Å². The molecule has 1 N–H and O–H groups in total. The van der Waals surface area contributed by atoms with Gasteiger partial charge >= 0.3 is 6.18 Å². The molecule has 2 aromatic carbocycles. The van der Waals surface area contributed by atoms with Gasteiger partial charge in [0, 0.05) is 12.5 Å². The van der Waals surface area contributed by atoms with Crippen LogP contribution in [0.3, 0.4) is 0 Å². The number of hydrogen-bond acceptors (Lipinski definition) is 3. The molecule has 0 heterocycles. The second-order valence-electron chi connectivity index (χ2n) is 8.49. The smallest absolute Gasteiger partial charge is 0.416 e. The van der Waals surface area contributed by atoms with Crippen LogP contribution in [0.15, 0.2) is 54.1 Å². The molecule has 0 amide bonds. The van der Waals surface area contributed by atoms with Crippen molar-refractivity contribution >= 4 is 6.08 Å². The largest absolute Gasteiger partial charge is 0.497 e. The Labute approximate surface area is 182 Å². The van der Waals surface area contributed by atoms with E-state index in [-0.39, 0.29) is 5.92 Å². The van der Waals surface area contributed by atoms with Gasteiger partial charge in [-0.3, -0.25) is 0 Å². The van der Waals surface area contributed by atoms with E-state index in [0.717, 1.165) is 48.3 Å². The average molecular weight is 434 g/mol. The number of hydrogen-bond donors (Lipinski definition) is 1. The summed E-state index contributed by atoms with van der Waals surface area (Å²) in [4.78, 5) is 1.99. The standard InChI is InChI=1S/C25H30F3NO2/c1-29(2)17-22-8-5-4-7-19(15-18-11-13-23(31-3)14-12-18)24(22,30)20-9-6-10-21(16-20)25(26,27)28/h6,9-16,22,30H,4-5,7-8,17H2,1-3H3/b19-15+. The molecule has 2 atom stereocenters. The summed E-state index contributed by atoms with van der Waals surface area (Å²) in [6.07, 6.45) is 0.627. The molecule has 1 aliphatic rings. The average Bonchev–Trinajstić information content (AvgIpc) is 2.88. The van der Waals surface area contributed by atoms with Crippen molar-refractivity contribution in [2.24, 2.45) is 5.92 Å². The fourth-order valence-electron chi connectivity index (χ4n) is 4.47. The highest BCUT2D eigenvalue weighted by atomic mass is 19.4. The van der Waals surface area contributed by atoms with Crippen LogP contribution < -0.4 is 4.74 Å². The second-order valence-corrected chi connectivity index (χ2v) is 8.49. The van der Waals surface area contributed by atoms with E-state index < -0.39 is 17.3 Å². The van der Waals surface area contributed by atoms with Crippen LogP contribution in [0.4, 0.5) is 13.2 Å². The summed E-state index contributed by atoms with van der Waals surface area (Å²) >= 11 is 0. The number of nitrogens with zero attached hydrogens (tertiary/aromatic N) is 1. The minimum absolute atomic E-state index is 0.224. The predicted molar refractivity (Wildman–Crippen MR) is 117 cm³/mol. The van der Waals surface area contributed by atoms with Gasteiger partial charge in [-0.05, 0) is 74.3 Å². The summed E-state index contributed by atoms with van der Waals surface area (Å²) in [5.41, 5.74) is -0.291. The van der Waals surface area contributed by atoms with E-state index in [9.17, 15) is 18.3 Å². The van der Waals surface area contributed by atoms with Gasteiger partial charge in [-0.2, -0.15) is 13.2 Å². The lowest BCUT2D eigenvalue weighted by Crippen LogP contribution is -2.41. The number of benzene rings is 2. The molecule has 1 fully saturated rings. The first-order valence-corrected chi connectivity index (χ1v) is 10.5. The van der Waals surface area contributed by atoms with Crippen LogP contribution in [-0.4, -0.2) is 37.8 Å². The van der Waals surface area contributed by atoms with Gasteiger partial charge < -0.3 is 14.7 Å². The summed E-state index contributed by atoms with van der Waals surface area (Å²) in [7, 11) is 5.44. The van der Waals surface area contributed by atoms with Gasteiger partial charge in [0.15, 0.2) is 0 Å². The highest BCUT2D eigenvalue weighted by Gasteiger charge is 2.44. The molecule has 3 nitrogen and oxygen atoms in total. The molecule has 6 heteroatoms. The third-order valence-electron chi connectivity index (χ3n) is 6.00. The van der Waals surface area contributed by atoms with Crippen LogP contribution in [0.5, 0.6) is 5.75 Å². The fourth-order valence-corrected chi connectivity index (χ4v) is 4.47. The Morgan fingerprint density at radius 3 is 2.45 bits per heavy atom. The second kappa shape index (κ2) is 9.45. The molecule has 0 radical (unpaired) electrons. The number of methoxy groups -OCH3 is 1. The minimum atomic E-state index is -4.46. The van der Waals surface area contributed by atoms with E-state index in [1.807, 2.05) is 49.3 Å². The lowest BCUT2D eigenvalue weighted by Gasteiger charge is -2.39. The van der Waals surface area contributed by atoms with Gasteiger partial charge in [0.25, 0.3) is 0 Å². The molecule has 1 saturated carbocycles. The van der Waals surface area contributed by atoms with E-state index >= 15 is 0 Å². The van der Waals surface area contributed by atoms with Crippen LogP contribution in [-0.2, 0) is 11.8 Å². The van der Waals surface area contributed by atoms with Gasteiger partial charge in [0.1, 0.15) is 11.4 Å². The maximum atomic E-state index is 13.4. The van der Waals surface area contributed by atoms with Crippen molar-refractivity contribution in [1.29, 1.82) is 0 Å². The van der Waals surface area contributed by atoms with Crippen LogP contribution >= 0.6 is 0 Å². The Morgan fingerprint density at radius 1 is 1.13 bits per heavy atom. The van der Waals surface area contributed by atoms with Gasteiger partial charge in [0.2, 0.25) is 0 Å². The Bertz CT molecular complexity index is 906. The van der Waals surface area contributed by atoms with Crippen molar-refractivity contribution in [3.63, 3.8) is 0 Å². The van der Waals surface area contributed by atoms with E-state index in [2.05, 4.69) is 0 Å². The molecule has 168 valence electrons. The van der Waals surface area contributed by atoms with E-state index in [0.29, 0.717) is 18.5 Å². The van der Waals surface area contributed by atoms with Gasteiger partial charge in [-0.1, -0.05) is 36.8 Å². The maximum absolute atomic E-state index is 13.4. The summed E-state index contributed by atoms with van der Waals surface area (Å²) in [5, 5.41) is 12.2. The molecule has 0 spiro atoms. The third-order valence-corrected chi connectivity index (χ3v) is 6.00. The summed E-state index contributed by atoms with van der Waals surface area (Å²) in [6, 6.07) is 12.6. The number of aliphatic hydroxyl groups is 1. The molecule has 0 bridgehead atoms. The Kier molecular flexibility index (Phi) is 7.12. The first kappa shape index (κ1) is 23.4. The zero-order valence-electron chi connectivity index (χ0n) is 18.2. The molecule has 3 rings (SSSR count). The lowest BCUT2D eigenvalue weighted by atomic mass is 9.73. The molecule has 0 aliphatic heterocycles. The van der Waals surface area contributed by atoms with Crippen LogP contribution in [0, 0.1) is 5.92 Å². The highest BCUT2D eigenvalue weighted by molar-refractivity contribution is 5.58. The Hall–Kier alpha value is -2.31. The number of ether oxygens (including phenoxy) is 1. The molecular weight excluding hydrogens is 403 g/mol. The molecular formula is C25H30F3NO2. The monoisotopic (exact) mass is 433 g/mol. The molecule has 1 aliphatic carbocycles. The molecule has 2 unspecified atom stereocenters. The summed E-state index contributed by atoms with van der Waals surface area (Å²) in [5.74, 6) is 0.500. The zero-order chi connectivity index (χ0) is 22.6. The van der Waals surface area contributed by atoms with Gasteiger partial charge in [0.05, 0.1) is 12.7 Å². The first-order valence-electron chi connectivity index (χ1n) is 10.5. The quantitative estimate of drug-likeness (QED) is 0.611. The third kappa shape index (κ3) is 5.31. The van der Waals surface area contributed by atoms with Crippen molar-refractivity contribution in [1.82, 2.24) is 4.90 Å². The molecule has 0 aromatic heterocycles. The van der Waals surface area contributed by atoms with Crippen molar-refractivity contribution in [3.05, 3.63) is 70.8 Å². The number of halogens is 3. The van der Waals surface area contributed by atoms with Crippen molar-refractivity contribution in [2.45, 2.75) is 37.5 Å². The predicted octanol–water partition coefficient (Wildman–Crippen LogP) is 5.74. The van der Waals surface area contributed by atoms with Crippen molar-refractivity contribution in [2.75, 3.05) is 27.7 Å². The maximum Gasteiger partial charge on any atom is 0.416 e. The molecule has 2 aromatic rings. The van der Waals surface area contributed by atoms with Crippen LogP contribution in [0.1, 0.15) is 42.4 Å². The normalized spacial score (nSPS) is 23.7.